The Hall–Kier alpha value is -2.97. The van der Waals surface area contributed by atoms with E-state index in [1.165, 1.54) is 17.8 Å². The molecule has 0 fully saturated rings. The van der Waals surface area contributed by atoms with E-state index in [4.69, 9.17) is 11.6 Å². The Bertz CT molecular complexity index is 1310. The Morgan fingerprint density at radius 1 is 1.09 bits per heavy atom. The Morgan fingerprint density at radius 3 is 2.59 bits per heavy atom. The predicted octanol–water partition coefficient (Wildman–Crippen LogP) is 5.54. The standard InChI is InChI=1S/C23H19ClF2N4OS/c1-2-15-18(10-13-6-4-3-5-7-13)27-23(28-22(15)31)32-12-19-20(24)21(30-29-19)14-8-9-16(25)17(26)11-14/h3-9,11H,2,10,12H2,1H3,(H,29,30)(H,27,28,31). The van der Waals surface area contributed by atoms with Gasteiger partial charge in [-0.3, -0.25) is 9.89 Å². The maximum atomic E-state index is 13.6. The van der Waals surface area contributed by atoms with E-state index in [1.54, 1.807) is 0 Å². The third-order valence-corrected chi connectivity index (χ3v) is 6.28. The number of aromatic nitrogens is 4. The third-order valence-electron chi connectivity index (χ3n) is 4.97. The largest absolute Gasteiger partial charge is 0.301 e. The first kappa shape index (κ1) is 22.2. The number of H-pyrrole nitrogens is 2. The predicted molar refractivity (Wildman–Crippen MR) is 122 cm³/mol. The van der Waals surface area contributed by atoms with Crippen LogP contribution in [0.15, 0.2) is 58.5 Å². The first-order valence-electron chi connectivity index (χ1n) is 9.93. The maximum absolute atomic E-state index is 13.6. The lowest BCUT2D eigenvalue weighted by Crippen LogP contribution is -2.18. The first-order chi connectivity index (χ1) is 15.5. The molecule has 2 aromatic heterocycles. The van der Waals surface area contributed by atoms with Crippen molar-refractivity contribution >= 4 is 23.4 Å². The summed E-state index contributed by atoms with van der Waals surface area (Å²) in [7, 11) is 0. The van der Waals surface area contributed by atoms with Gasteiger partial charge < -0.3 is 4.98 Å². The zero-order valence-electron chi connectivity index (χ0n) is 17.1. The fraction of sp³-hybridized carbons (Fsp3) is 0.174. The van der Waals surface area contributed by atoms with Gasteiger partial charge in [0.15, 0.2) is 16.8 Å². The lowest BCUT2D eigenvalue weighted by atomic mass is 10.1. The molecule has 0 amide bonds. The molecule has 0 bridgehead atoms. The van der Waals surface area contributed by atoms with Crippen LogP contribution in [-0.2, 0) is 18.6 Å². The van der Waals surface area contributed by atoms with E-state index in [9.17, 15) is 13.6 Å². The van der Waals surface area contributed by atoms with Gasteiger partial charge in [0.1, 0.15) is 5.69 Å². The number of aromatic amines is 2. The van der Waals surface area contributed by atoms with Gasteiger partial charge in [0.05, 0.1) is 16.4 Å². The highest BCUT2D eigenvalue weighted by Crippen LogP contribution is 2.32. The van der Waals surface area contributed by atoms with Crippen molar-refractivity contribution in [1.82, 2.24) is 20.2 Å². The summed E-state index contributed by atoms with van der Waals surface area (Å²) in [5.74, 6) is -1.55. The number of hydrogen-bond acceptors (Lipinski definition) is 4. The maximum Gasteiger partial charge on any atom is 0.254 e. The molecule has 0 aliphatic rings. The molecule has 4 rings (SSSR count). The second kappa shape index (κ2) is 9.67. The van der Waals surface area contributed by atoms with Crippen molar-refractivity contribution in [3.8, 4) is 11.3 Å². The third kappa shape index (κ3) is 4.76. The molecule has 2 aromatic carbocycles. The molecule has 4 aromatic rings. The van der Waals surface area contributed by atoms with Crippen LogP contribution in [0, 0.1) is 11.6 Å². The fourth-order valence-electron chi connectivity index (χ4n) is 3.33. The molecule has 9 heteroatoms. The Labute approximate surface area is 192 Å². The van der Waals surface area contributed by atoms with Gasteiger partial charge in [-0.05, 0) is 30.2 Å². The van der Waals surface area contributed by atoms with Crippen LogP contribution in [0.25, 0.3) is 11.3 Å². The highest BCUT2D eigenvalue weighted by atomic mass is 35.5. The average Bonchev–Trinajstić information content (AvgIpc) is 3.15. The molecule has 0 aliphatic heterocycles. The molecular weight excluding hydrogens is 454 g/mol. The van der Waals surface area contributed by atoms with Crippen LogP contribution >= 0.6 is 23.4 Å². The van der Waals surface area contributed by atoms with Gasteiger partial charge in [-0.25, -0.2) is 13.8 Å². The quantitative estimate of drug-likeness (QED) is 0.273. The van der Waals surface area contributed by atoms with Gasteiger partial charge in [0.2, 0.25) is 0 Å². The lowest BCUT2D eigenvalue weighted by Gasteiger charge is -2.09. The number of nitrogens with zero attached hydrogens (tertiary/aromatic N) is 2. The van der Waals surface area contributed by atoms with Crippen molar-refractivity contribution in [2.75, 3.05) is 0 Å². The summed E-state index contributed by atoms with van der Waals surface area (Å²) >= 11 is 7.72. The van der Waals surface area contributed by atoms with Crippen molar-refractivity contribution in [1.29, 1.82) is 0 Å². The van der Waals surface area contributed by atoms with Crippen LogP contribution in [-0.4, -0.2) is 20.2 Å². The topological polar surface area (TPSA) is 74.4 Å². The summed E-state index contributed by atoms with van der Waals surface area (Å²) in [6, 6.07) is 13.3. The summed E-state index contributed by atoms with van der Waals surface area (Å²) in [4.78, 5) is 20.1. The number of benzene rings is 2. The van der Waals surface area contributed by atoms with Crippen LogP contribution in [0.1, 0.15) is 29.4 Å². The Morgan fingerprint density at radius 2 is 1.88 bits per heavy atom. The van der Waals surface area contributed by atoms with E-state index in [0.717, 1.165) is 23.4 Å². The number of rotatable bonds is 7. The second-order valence-corrected chi connectivity index (χ2v) is 8.44. The number of thioether (sulfide) groups is 1. The molecule has 0 unspecified atom stereocenters. The smallest absolute Gasteiger partial charge is 0.254 e. The molecular formula is C23H19ClF2N4OS. The zero-order chi connectivity index (χ0) is 22.7. The van der Waals surface area contributed by atoms with E-state index in [-0.39, 0.29) is 5.56 Å². The summed E-state index contributed by atoms with van der Waals surface area (Å²) < 4.78 is 26.8. The molecule has 0 saturated carbocycles. The molecule has 0 atom stereocenters. The molecule has 164 valence electrons. The average molecular weight is 473 g/mol. The fourth-order valence-corrected chi connectivity index (χ4v) is 4.49. The summed E-state index contributed by atoms with van der Waals surface area (Å²) in [5, 5.41) is 7.74. The zero-order valence-corrected chi connectivity index (χ0v) is 18.7. The van der Waals surface area contributed by atoms with E-state index < -0.39 is 11.6 Å². The monoisotopic (exact) mass is 472 g/mol. The van der Waals surface area contributed by atoms with Gasteiger partial charge >= 0.3 is 0 Å². The molecule has 0 aliphatic carbocycles. The lowest BCUT2D eigenvalue weighted by molar-refractivity contribution is 0.509. The van der Waals surface area contributed by atoms with Gasteiger partial charge in [-0.2, -0.15) is 5.10 Å². The van der Waals surface area contributed by atoms with Crippen LogP contribution in [0.5, 0.6) is 0 Å². The van der Waals surface area contributed by atoms with Crippen LogP contribution in [0.4, 0.5) is 8.78 Å². The molecule has 2 N–H and O–H groups in total. The highest BCUT2D eigenvalue weighted by Gasteiger charge is 2.16. The summed E-state index contributed by atoms with van der Waals surface area (Å²) in [6.07, 6.45) is 1.14. The molecule has 2 heterocycles. The van der Waals surface area contributed by atoms with E-state index >= 15 is 0 Å². The van der Waals surface area contributed by atoms with E-state index in [0.29, 0.717) is 51.3 Å². The van der Waals surface area contributed by atoms with Crippen molar-refractivity contribution in [2.24, 2.45) is 0 Å². The number of nitrogens with one attached hydrogen (secondary N) is 2. The van der Waals surface area contributed by atoms with Crippen molar-refractivity contribution in [3.05, 3.63) is 98.1 Å². The van der Waals surface area contributed by atoms with Crippen LogP contribution in [0.2, 0.25) is 5.02 Å². The molecule has 0 spiro atoms. The number of halogens is 3. The molecule has 5 nitrogen and oxygen atoms in total. The molecule has 0 radical (unpaired) electrons. The minimum atomic E-state index is -0.971. The van der Waals surface area contributed by atoms with Gasteiger partial charge in [0.25, 0.3) is 5.56 Å². The summed E-state index contributed by atoms with van der Waals surface area (Å²) in [6.45, 7) is 1.93. The van der Waals surface area contributed by atoms with Gasteiger partial charge in [-0.15, -0.1) is 0 Å². The first-order valence-corrected chi connectivity index (χ1v) is 11.3. The Balaban J connectivity index is 1.56. The van der Waals surface area contributed by atoms with Crippen molar-refractivity contribution < 1.29 is 8.78 Å². The minimum Gasteiger partial charge on any atom is -0.301 e. The van der Waals surface area contributed by atoms with E-state index in [2.05, 4.69) is 20.2 Å². The highest BCUT2D eigenvalue weighted by molar-refractivity contribution is 7.98. The SMILES string of the molecule is CCc1c(Cc2ccccc2)nc(SCc2[nH]nc(-c3ccc(F)c(F)c3)c2Cl)[nH]c1=O. The van der Waals surface area contributed by atoms with E-state index in [1.807, 2.05) is 37.3 Å². The van der Waals surface area contributed by atoms with Crippen molar-refractivity contribution in [2.45, 2.75) is 30.7 Å². The van der Waals surface area contributed by atoms with Gasteiger partial charge in [-0.1, -0.05) is 60.6 Å². The summed E-state index contributed by atoms with van der Waals surface area (Å²) in [5.41, 5.74) is 3.60. The number of hydrogen-bond donors (Lipinski definition) is 2. The normalized spacial score (nSPS) is 11.1. The molecule has 0 saturated heterocycles. The molecule has 32 heavy (non-hydrogen) atoms. The van der Waals surface area contributed by atoms with Crippen LogP contribution < -0.4 is 5.56 Å². The Kier molecular flexibility index (Phi) is 6.72. The van der Waals surface area contributed by atoms with Crippen molar-refractivity contribution in [3.63, 3.8) is 0 Å². The van der Waals surface area contributed by atoms with Gasteiger partial charge in [0, 0.05) is 23.3 Å². The minimum absolute atomic E-state index is 0.158. The second-order valence-electron chi connectivity index (χ2n) is 7.09. The van der Waals surface area contributed by atoms with Crippen LogP contribution in [0.3, 0.4) is 0 Å².